The van der Waals surface area contributed by atoms with Gasteiger partial charge in [-0.25, -0.2) is 9.97 Å². The Labute approximate surface area is 101 Å². The summed E-state index contributed by atoms with van der Waals surface area (Å²) in [5.41, 5.74) is 3.19. The van der Waals surface area contributed by atoms with E-state index in [9.17, 15) is 0 Å². The number of fused-ring (bicyclic) bond motifs is 3. The first-order valence-electron chi connectivity index (χ1n) is 5.88. The van der Waals surface area contributed by atoms with Crippen LogP contribution >= 0.6 is 0 Å². The van der Waals surface area contributed by atoms with E-state index in [4.69, 9.17) is 4.74 Å². The monoisotopic (exact) mass is 231 g/mol. The van der Waals surface area contributed by atoms with Crippen molar-refractivity contribution >= 4 is 0 Å². The smallest absolute Gasteiger partial charge is 0.181 e. The van der Waals surface area contributed by atoms with Gasteiger partial charge in [0.25, 0.3) is 0 Å². The summed E-state index contributed by atoms with van der Waals surface area (Å²) < 4.78 is 7.64. The Hall–Kier alpha value is -1.84. The third kappa shape index (κ3) is 1.90. The maximum absolute atomic E-state index is 5.65. The second-order valence-electron chi connectivity index (χ2n) is 3.77. The fourth-order valence-corrected chi connectivity index (χ4v) is 1.79. The number of ether oxygens (including phenoxy) is 1. The van der Waals surface area contributed by atoms with E-state index in [1.807, 2.05) is 44.5 Å². The van der Waals surface area contributed by atoms with Gasteiger partial charge in [0.1, 0.15) is 12.9 Å². The summed E-state index contributed by atoms with van der Waals surface area (Å²) in [6, 6.07) is 2.00. The van der Waals surface area contributed by atoms with Gasteiger partial charge in [-0.1, -0.05) is 13.8 Å². The minimum absolute atomic E-state index is 0.573. The average Bonchev–Trinajstić information content (AvgIpc) is 2.73. The zero-order valence-corrected chi connectivity index (χ0v) is 10.7. The van der Waals surface area contributed by atoms with Crippen LogP contribution in [0.3, 0.4) is 0 Å². The minimum Gasteiger partial charge on any atom is -0.483 e. The molecule has 3 heterocycles. The van der Waals surface area contributed by atoms with Crippen LogP contribution < -0.4 is 4.74 Å². The first-order valence-corrected chi connectivity index (χ1v) is 5.88. The highest BCUT2D eigenvalue weighted by molar-refractivity contribution is 5.46. The molecule has 0 saturated heterocycles. The molecule has 90 valence electrons. The summed E-state index contributed by atoms with van der Waals surface area (Å²) in [5.74, 6) is 1.67. The fraction of sp³-hybridized carbons (Fsp3) is 0.385. The molecule has 3 rings (SSSR count). The molecule has 2 aromatic heterocycles. The molecule has 17 heavy (non-hydrogen) atoms. The van der Waals surface area contributed by atoms with Crippen LogP contribution in [0.4, 0.5) is 0 Å². The maximum Gasteiger partial charge on any atom is 0.181 e. The lowest BCUT2D eigenvalue weighted by Gasteiger charge is -2.19. The Balaban J connectivity index is 0.000000514. The lowest BCUT2D eigenvalue weighted by Crippen LogP contribution is -2.14. The molecular formula is C13H17N3O. The Morgan fingerprint density at radius 1 is 1.24 bits per heavy atom. The van der Waals surface area contributed by atoms with E-state index < -0.39 is 0 Å². The standard InChI is InChI=1S/C11H11N3O.C2H6/c1-7-3-10-11(12-4-7)14-6-13-8(2)9(14)5-15-10;1-2/h3-4,6H,5H2,1-2H3;1-2H3. The van der Waals surface area contributed by atoms with Crippen LogP contribution in [-0.2, 0) is 6.61 Å². The molecule has 0 atom stereocenters. The molecule has 2 aromatic rings. The van der Waals surface area contributed by atoms with E-state index in [1.54, 1.807) is 6.33 Å². The summed E-state index contributed by atoms with van der Waals surface area (Å²) in [5, 5.41) is 0. The van der Waals surface area contributed by atoms with Gasteiger partial charge in [0.05, 0.1) is 11.4 Å². The van der Waals surface area contributed by atoms with E-state index in [-0.39, 0.29) is 0 Å². The summed E-state index contributed by atoms with van der Waals surface area (Å²) >= 11 is 0. The molecule has 0 saturated carbocycles. The SMILES string of the molecule is CC.Cc1cnc2c(c1)OCc1c(C)ncn1-2. The van der Waals surface area contributed by atoms with Gasteiger partial charge in [0.15, 0.2) is 11.6 Å². The van der Waals surface area contributed by atoms with E-state index in [0.717, 1.165) is 28.5 Å². The molecule has 1 aliphatic rings. The van der Waals surface area contributed by atoms with E-state index in [0.29, 0.717) is 6.61 Å². The number of rotatable bonds is 0. The number of aromatic nitrogens is 3. The number of aryl methyl sites for hydroxylation is 2. The molecule has 0 amide bonds. The predicted molar refractivity (Wildman–Crippen MR) is 66.5 cm³/mol. The summed E-state index contributed by atoms with van der Waals surface area (Å²) in [6.45, 7) is 8.56. The third-order valence-electron chi connectivity index (χ3n) is 2.64. The minimum atomic E-state index is 0.573. The molecule has 0 aromatic carbocycles. The van der Waals surface area contributed by atoms with Gasteiger partial charge in [-0.05, 0) is 25.5 Å². The van der Waals surface area contributed by atoms with Crippen LogP contribution in [0.5, 0.6) is 5.75 Å². The highest BCUT2D eigenvalue weighted by atomic mass is 16.5. The van der Waals surface area contributed by atoms with Gasteiger partial charge in [-0.3, -0.25) is 4.57 Å². The molecule has 1 aliphatic heterocycles. The summed E-state index contributed by atoms with van der Waals surface area (Å²) in [6.07, 6.45) is 3.64. The second kappa shape index (κ2) is 4.57. The maximum atomic E-state index is 5.65. The zero-order valence-electron chi connectivity index (χ0n) is 10.7. The van der Waals surface area contributed by atoms with Gasteiger partial charge >= 0.3 is 0 Å². The lowest BCUT2D eigenvalue weighted by atomic mass is 10.2. The zero-order chi connectivity index (χ0) is 12.4. The van der Waals surface area contributed by atoms with Crippen molar-refractivity contribution in [2.75, 3.05) is 0 Å². The van der Waals surface area contributed by atoms with Crippen LogP contribution in [-0.4, -0.2) is 14.5 Å². The molecule has 0 unspecified atom stereocenters. The first-order chi connectivity index (χ1) is 8.25. The topological polar surface area (TPSA) is 39.9 Å². The van der Waals surface area contributed by atoms with Crippen LogP contribution in [0.1, 0.15) is 30.8 Å². The van der Waals surface area contributed by atoms with Crippen LogP contribution in [0.2, 0.25) is 0 Å². The van der Waals surface area contributed by atoms with Gasteiger partial charge in [-0.15, -0.1) is 0 Å². The molecule has 0 aliphatic carbocycles. The van der Waals surface area contributed by atoms with Crippen molar-refractivity contribution in [2.45, 2.75) is 34.3 Å². The Morgan fingerprint density at radius 3 is 2.76 bits per heavy atom. The van der Waals surface area contributed by atoms with Crippen molar-refractivity contribution in [3.8, 4) is 11.6 Å². The molecule has 0 N–H and O–H groups in total. The van der Waals surface area contributed by atoms with E-state index >= 15 is 0 Å². The second-order valence-corrected chi connectivity index (χ2v) is 3.77. The van der Waals surface area contributed by atoms with Crippen molar-refractivity contribution < 1.29 is 4.74 Å². The number of hydrogen-bond donors (Lipinski definition) is 0. The Morgan fingerprint density at radius 2 is 2.00 bits per heavy atom. The summed E-state index contributed by atoms with van der Waals surface area (Å²) in [4.78, 5) is 8.63. The van der Waals surface area contributed by atoms with Gasteiger partial charge in [0, 0.05) is 6.20 Å². The fourth-order valence-electron chi connectivity index (χ4n) is 1.79. The molecule has 4 heteroatoms. The van der Waals surface area contributed by atoms with E-state index in [1.165, 1.54) is 0 Å². The van der Waals surface area contributed by atoms with Crippen molar-refractivity contribution in [1.29, 1.82) is 0 Å². The highest BCUT2D eigenvalue weighted by Gasteiger charge is 2.19. The number of nitrogens with zero attached hydrogens (tertiary/aromatic N) is 3. The molecule has 0 spiro atoms. The highest BCUT2D eigenvalue weighted by Crippen LogP contribution is 2.29. The Bertz CT molecular complexity index is 531. The van der Waals surface area contributed by atoms with Crippen molar-refractivity contribution in [3.63, 3.8) is 0 Å². The van der Waals surface area contributed by atoms with Crippen LogP contribution in [0.25, 0.3) is 5.82 Å². The van der Waals surface area contributed by atoms with Gasteiger partial charge in [0.2, 0.25) is 0 Å². The van der Waals surface area contributed by atoms with Crippen molar-refractivity contribution in [1.82, 2.24) is 14.5 Å². The third-order valence-corrected chi connectivity index (χ3v) is 2.64. The lowest BCUT2D eigenvalue weighted by molar-refractivity contribution is 0.281. The largest absolute Gasteiger partial charge is 0.483 e. The molecule has 4 nitrogen and oxygen atoms in total. The normalized spacial score (nSPS) is 11.8. The molecule has 0 radical (unpaired) electrons. The Kier molecular flexibility index (Phi) is 3.13. The number of pyridine rings is 1. The molecule has 0 fully saturated rings. The quantitative estimate of drug-likeness (QED) is 0.700. The number of imidazole rings is 1. The average molecular weight is 231 g/mol. The first kappa shape index (κ1) is 11.6. The number of hydrogen-bond acceptors (Lipinski definition) is 3. The summed E-state index contributed by atoms with van der Waals surface area (Å²) in [7, 11) is 0. The predicted octanol–water partition coefficient (Wildman–Crippen LogP) is 2.80. The van der Waals surface area contributed by atoms with E-state index in [2.05, 4.69) is 9.97 Å². The van der Waals surface area contributed by atoms with Crippen LogP contribution in [0, 0.1) is 13.8 Å². The van der Waals surface area contributed by atoms with Gasteiger partial charge in [-0.2, -0.15) is 0 Å². The van der Waals surface area contributed by atoms with Crippen molar-refractivity contribution in [2.24, 2.45) is 0 Å². The van der Waals surface area contributed by atoms with Crippen molar-refractivity contribution in [3.05, 3.63) is 35.5 Å². The van der Waals surface area contributed by atoms with Crippen LogP contribution in [0.15, 0.2) is 18.6 Å². The molecule has 0 bridgehead atoms. The molecular weight excluding hydrogens is 214 g/mol. The van der Waals surface area contributed by atoms with Gasteiger partial charge < -0.3 is 4.74 Å².